The molecule has 7 rings (SSSR count). The number of rotatable bonds is 21. The van der Waals surface area contributed by atoms with Crippen molar-refractivity contribution in [2.24, 2.45) is 5.92 Å². The zero-order valence-corrected chi connectivity index (χ0v) is 34.5. The highest BCUT2D eigenvalue weighted by Gasteiger charge is 2.44. The van der Waals surface area contributed by atoms with E-state index in [0.29, 0.717) is 67.0 Å². The fourth-order valence-electron chi connectivity index (χ4n) is 6.84. The molecular formula is C41H46N12O10. The maximum Gasteiger partial charge on any atom is 0.273 e. The molecule has 7 amide bonds. The van der Waals surface area contributed by atoms with E-state index in [0.717, 1.165) is 17.7 Å². The average Bonchev–Trinajstić information content (AvgIpc) is 3.98. The van der Waals surface area contributed by atoms with E-state index < -0.39 is 35.6 Å². The van der Waals surface area contributed by atoms with Gasteiger partial charge >= 0.3 is 0 Å². The number of carbonyl (C=O) groups excluding carboxylic acids is 7. The number of methoxy groups -OCH3 is 1. The fraction of sp³-hybridized carbons (Fsp3) is 0.390. The molecule has 4 heterocycles. The minimum atomic E-state index is -1.03. The second kappa shape index (κ2) is 20.0. The predicted octanol–water partition coefficient (Wildman–Crippen LogP) is 1.25. The average molecular weight is 867 g/mol. The van der Waals surface area contributed by atoms with Crippen molar-refractivity contribution in [2.45, 2.75) is 44.7 Å². The van der Waals surface area contributed by atoms with Gasteiger partial charge in [-0.3, -0.25) is 48.5 Å². The van der Waals surface area contributed by atoms with Crippen LogP contribution in [0.1, 0.15) is 63.3 Å². The molecule has 2 aliphatic heterocycles. The van der Waals surface area contributed by atoms with Crippen LogP contribution in [0.5, 0.6) is 5.75 Å². The smallest absolute Gasteiger partial charge is 0.273 e. The van der Waals surface area contributed by atoms with E-state index >= 15 is 0 Å². The van der Waals surface area contributed by atoms with Gasteiger partial charge in [-0.05, 0) is 49.6 Å². The number of carbonyl (C=O) groups is 7. The molecule has 6 N–H and O–H groups in total. The summed E-state index contributed by atoms with van der Waals surface area (Å²) >= 11 is 0. The highest BCUT2D eigenvalue weighted by atomic mass is 16.5. The summed E-state index contributed by atoms with van der Waals surface area (Å²) in [6, 6.07) is 10.6. The molecule has 22 heteroatoms. The van der Waals surface area contributed by atoms with E-state index in [1.807, 2.05) is 0 Å². The molecule has 2 aromatic carbocycles. The lowest BCUT2D eigenvalue weighted by Crippen LogP contribution is -2.54. The Morgan fingerprint density at radius 2 is 1.67 bits per heavy atom. The summed E-state index contributed by atoms with van der Waals surface area (Å²) in [5.74, 6) is -2.16. The third kappa shape index (κ3) is 10.6. The Morgan fingerprint density at radius 1 is 0.873 bits per heavy atom. The van der Waals surface area contributed by atoms with Gasteiger partial charge in [0.15, 0.2) is 23.1 Å². The molecule has 22 nitrogen and oxygen atoms in total. The molecule has 0 bridgehead atoms. The number of piperidine rings is 1. The van der Waals surface area contributed by atoms with Crippen molar-refractivity contribution in [3.63, 3.8) is 0 Å². The highest BCUT2D eigenvalue weighted by Crippen LogP contribution is 2.37. The maximum absolute atomic E-state index is 13.0. The van der Waals surface area contributed by atoms with Crippen molar-refractivity contribution in [1.29, 1.82) is 0 Å². The Bertz CT molecular complexity index is 2420. The van der Waals surface area contributed by atoms with Crippen LogP contribution in [0, 0.1) is 5.92 Å². The van der Waals surface area contributed by atoms with E-state index in [-0.39, 0.29) is 72.8 Å². The van der Waals surface area contributed by atoms with Crippen molar-refractivity contribution >= 4 is 64.2 Å². The Kier molecular flexibility index (Phi) is 13.9. The number of amides is 7. The maximum atomic E-state index is 13.0. The number of nitrogens with one attached hydrogen (secondary N) is 6. The number of benzene rings is 2. The number of aromatic nitrogens is 5. The van der Waals surface area contributed by atoms with Crippen molar-refractivity contribution in [2.75, 3.05) is 69.6 Å². The van der Waals surface area contributed by atoms with Gasteiger partial charge in [0.25, 0.3) is 17.7 Å². The minimum Gasteiger partial charge on any atom is -0.494 e. The summed E-state index contributed by atoms with van der Waals surface area (Å²) in [6.07, 6.45) is 3.45. The van der Waals surface area contributed by atoms with Gasteiger partial charge in [-0.2, -0.15) is 5.10 Å². The van der Waals surface area contributed by atoms with Gasteiger partial charge in [0.05, 0.1) is 68.1 Å². The van der Waals surface area contributed by atoms with Crippen LogP contribution in [0.4, 0.5) is 22.9 Å². The molecule has 1 aliphatic carbocycles. The first kappa shape index (κ1) is 43.7. The number of hydrogen-bond donors (Lipinski definition) is 6. The molecule has 4 aromatic rings. The second-order valence-corrected chi connectivity index (χ2v) is 14.6. The number of ether oxygens (including phenoxy) is 3. The Balaban J connectivity index is 0.796. The molecule has 1 saturated heterocycles. The van der Waals surface area contributed by atoms with Crippen LogP contribution in [-0.4, -0.2) is 131 Å². The van der Waals surface area contributed by atoms with Crippen LogP contribution in [0.3, 0.4) is 0 Å². The molecular weight excluding hydrogens is 821 g/mol. The summed E-state index contributed by atoms with van der Waals surface area (Å²) in [5, 5.41) is 29.3. The molecule has 1 saturated carbocycles. The third-order valence-electron chi connectivity index (χ3n) is 10.2. The molecule has 330 valence electrons. The zero-order valence-electron chi connectivity index (χ0n) is 34.5. The SMILES string of the molecule is CNC(=O)c1nnc(NC(=O)C2CC2)cc1Nc1cccc(-c2ncn(CCNC(=O)CCOCCOCCNc3ccc4c(c3)C(=O)N(C3CCC(=O)NC3=O)C4=O)n2)c1OC. The van der Waals surface area contributed by atoms with Gasteiger partial charge in [0, 0.05) is 50.7 Å². The first-order chi connectivity index (χ1) is 30.5. The van der Waals surface area contributed by atoms with Crippen LogP contribution < -0.4 is 36.6 Å². The number of para-hydroxylation sites is 1. The predicted molar refractivity (Wildman–Crippen MR) is 223 cm³/mol. The number of fused-ring (bicyclic) bond motifs is 1. The van der Waals surface area contributed by atoms with Crippen LogP contribution >= 0.6 is 0 Å². The molecule has 2 fully saturated rings. The number of anilines is 4. The van der Waals surface area contributed by atoms with Crippen molar-refractivity contribution in [1.82, 2.24) is 45.8 Å². The monoisotopic (exact) mass is 866 g/mol. The third-order valence-corrected chi connectivity index (χ3v) is 10.2. The van der Waals surface area contributed by atoms with E-state index in [9.17, 15) is 33.6 Å². The molecule has 1 atom stereocenters. The number of hydrogen-bond acceptors (Lipinski definition) is 16. The largest absolute Gasteiger partial charge is 0.494 e. The lowest BCUT2D eigenvalue weighted by Gasteiger charge is -2.27. The molecule has 3 aliphatic rings. The van der Waals surface area contributed by atoms with Crippen LogP contribution in [0.25, 0.3) is 11.4 Å². The minimum absolute atomic E-state index is 0.0144. The standard InChI is InChI=1S/C41H46N12O10/c1-42-39(58)34-29(21-31(49-50-34)47-37(56)23-6-7-23)46-28-5-3-4-26(35(28)61-2)36-45-22-52(51-36)15-13-44-32(54)12-16-62-18-19-63-17-14-43-24-8-9-25-27(20-24)41(60)53(40(25)59)30-10-11-33(55)48-38(30)57/h3-5,8-9,20-23,30,43H,6-7,10-19H2,1-2H3,(H,42,58)(H,44,54)(H,48,55,57)(H2,46,47,49,56). The van der Waals surface area contributed by atoms with Gasteiger partial charge in [-0.1, -0.05) is 6.07 Å². The Hall–Kier alpha value is -7.33. The summed E-state index contributed by atoms with van der Waals surface area (Å²) < 4.78 is 18.5. The topological polar surface area (TPSA) is 279 Å². The van der Waals surface area contributed by atoms with Gasteiger partial charge in [0.2, 0.25) is 23.6 Å². The summed E-state index contributed by atoms with van der Waals surface area (Å²) in [4.78, 5) is 92.5. The first-order valence-electron chi connectivity index (χ1n) is 20.3. The number of imide groups is 2. The molecule has 0 spiro atoms. The Morgan fingerprint density at radius 3 is 2.43 bits per heavy atom. The highest BCUT2D eigenvalue weighted by molar-refractivity contribution is 6.23. The quantitative estimate of drug-likeness (QED) is 0.0508. The molecule has 63 heavy (non-hydrogen) atoms. The van der Waals surface area contributed by atoms with Gasteiger partial charge in [-0.25, -0.2) is 4.98 Å². The molecule has 2 aromatic heterocycles. The van der Waals surface area contributed by atoms with E-state index in [4.69, 9.17) is 14.2 Å². The molecule has 1 unspecified atom stereocenters. The molecule has 0 radical (unpaired) electrons. The fourth-order valence-corrected chi connectivity index (χ4v) is 6.84. The zero-order chi connectivity index (χ0) is 44.5. The van der Waals surface area contributed by atoms with Crippen molar-refractivity contribution < 1.29 is 47.8 Å². The summed E-state index contributed by atoms with van der Waals surface area (Å²) in [5.41, 5.74) is 2.33. The van der Waals surface area contributed by atoms with Gasteiger partial charge < -0.3 is 40.8 Å². The summed E-state index contributed by atoms with van der Waals surface area (Å²) in [6.45, 7) is 2.12. The first-order valence-corrected chi connectivity index (χ1v) is 20.3. The second-order valence-electron chi connectivity index (χ2n) is 14.6. The van der Waals surface area contributed by atoms with Crippen LogP contribution in [0.2, 0.25) is 0 Å². The lowest BCUT2D eigenvalue weighted by atomic mass is 10.0. The van der Waals surface area contributed by atoms with E-state index in [2.05, 4.69) is 52.2 Å². The van der Waals surface area contributed by atoms with Crippen LogP contribution in [-0.2, 0) is 35.2 Å². The van der Waals surface area contributed by atoms with E-state index in [1.165, 1.54) is 26.3 Å². The Labute approximate surface area is 360 Å². The van der Waals surface area contributed by atoms with Crippen molar-refractivity contribution in [3.05, 3.63) is 65.6 Å². The lowest BCUT2D eigenvalue weighted by molar-refractivity contribution is -0.136. The van der Waals surface area contributed by atoms with E-state index in [1.54, 1.807) is 41.3 Å². The normalized spacial score (nSPS) is 15.7. The summed E-state index contributed by atoms with van der Waals surface area (Å²) in [7, 11) is 2.97. The van der Waals surface area contributed by atoms with Crippen molar-refractivity contribution in [3.8, 4) is 17.1 Å². The van der Waals surface area contributed by atoms with Crippen LogP contribution in [0.15, 0.2) is 48.8 Å². The van der Waals surface area contributed by atoms with Gasteiger partial charge in [-0.15, -0.1) is 10.2 Å². The number of nitrogens with zero attached hydrogens (tertiary/aromatic N) is 6. The van der Waals surface area contributed by atoms with Gasteiger partial charge in [0.1, 0.15) is 12.4 Å².